The van der Waals surface area contributed by atoms with Crippen LogP contribution in [0.2, 0.25) is 0 Å². The van der Waals surface area contributed by atoms with E-state index in [9.17, 15) is 9.59 Å². The SMILES string of the molecule is C=C(C)N1CCC(=O)CC1=O. The zero-order chi connectivity index (χ0) is 8.43. The molecule has 0 aromatic carbocycles. The number of carbonyl (C=O) groups is 2. The van der Waals surface area contributed by atoms with Crippen LogP contribution < -0.4 is 0 Å². The fourth-order valence-corrected chi connectivity index (χ4v) is 1.12. The molecule has 0 aromatic heterocycles. The number of rotatable bonds is 1. The summed E-state index contributed by atoms with van der Waals surface area (Å²) in [5.41, 5.74) is 0.725. The molecular formula is C8H11NO2. The lowest BCUT2D eigenvalue weighted by atomic mass is 10.1. The van der Waals surface area contributed by atoms with Crippen molar-refractivity contribution in [3.63, 3.8) is 0 Å². The average molecular weight is 153 g/mol. The number of likely N-dealkylation sites (tertiary alicyclic amines) is 1. The van der Waals surface area contributed by atoms with Gasteiger partial charge in [0.15, 0.2) is 0 Å². The predicted octanol–water partition coefficient (Wildman–Crippen LogP) is 0.712. The van der Waals surface area contributed by atoms with Crippen LogP contribution in [-0.2, 0) is 9.59 Å². The zero-order valence-electron chi connectivity index (χ0n) is 6.59. The summed E-state index contributed by atoms with van der Waals surface area (Å²) in [6, 6.07) is 0. The summed E-state index contributed by atoms with van der Waals surface area (Å²) in [5.74, 6) is -0.0822. The second-order valence-electron chi connectivity index (χ2n) is 2.75. The van der Waals surface area contributed by atoms with Gasteiger partial charge in [0.25, 0.3) is 0 Å². The molecule has 0 spiro atoms. The lowest BCUT2D eigenvalue weighted by molar-refractivity contribution is -0.137. The summed E-state index contributed by atoms with van der Waals surface area (Å²) < 4.78 is 0. The van der Waals surface area contributed by atoms with Gasteiger partial charge in [0, 0.05) is 18.7 Å². The van der Waals surface area contributed by atoms with Crippen LogP contribution in [0.4, 0.5) is 0 Å². The highest BCUT2D eigenvalue weighted by Gasteiger charge is 2.23. The molecule has 0 bridgehead atoms. The third-order valence-corrected chi connectivity index (χ3v) is 1.72. The molecule has 1 fully saturated rings. The van der Waals surface area contributed by atoms with Crippen LogP contribution in [0.5, 0.6) is 0 Å². The lowest BCUT2D eigenvalue weighted by Crippen LogP contribution is -2.37. The Kier molecular flexibility index (Phi) is 2.08. The van der Waals surface area contributed by atoms with Gasteiger partial charge in [-0.1, -0.05) is 6.58 Å². The van der Waals surface area contributed by atoms with Gasteiger partial charge >= 0.3 is 0 Å². The van der Waals surface area contributed by atoms with E-state index >= 15 is 0 Å². The standard InChI is InChI=1S/C8H11NO2/c1-6(2)9-4-3-7(10)5-8(9)11/h1,3-5H2,2H3. The number of carbonyl (C=O) groups excluding carboxylic acids is 2. The number of nitrogens with zero attached hydrogens (tertiary/aromatic N) is 1. The molecule has 0 radical (unpaired) electrons. The summed E-state index contributed by atoms with van der Waals surface area (Å²) in [5, 5.41) is 0. The Morgan fingerprint density at radius 3 is 2.64 bits per heavy atom. The highest BCUT2D eigenvalue weighted by atomic mass is 16.2. The minimum absolute atomic E-state index is 0.0347. The molecule has 1 aliphatic heterocycles. The number of piperidine rings is 1. The van der Waals surface area contributed by atoms with Gasteiger partial charge in [0.05, 0.1) is 6.42 Å². The van der Waals surface area contributed by atoms with Crippen LogP contribution >= 0.6 is 0 Å². The van der Waals surface area contributed by atoms with Gasteiger partial charge < -0.3 is 4.90 Å². The molecule has 0 aliphatic carbocycles. The Bertz CT molecular complexity index is 220. The van der Waals surface area contributed by atoms with Crippen LogP contribution in [0.3, 0.4) is 0 Å². The highest BCUT2D eigenvalue weighted by Crippen LogP contribution is 2.11. The van der Waals surface area contributed by atoms with E-state index in [4.69, 9.17) is 0 Å². The first-order valence-electron chi connectivity index (χ1n) is 3.59. The van der Waals surface area contributed by atoms with Crippen molar-refractivity contribution in [3.8, 4) is 0 Å². The first-order valence-corrected chi connectivity index (χ1v) is 3.59. The quantitative estimate of drug-likeness (QED) is 0.520. The number of Topliss-reactive ketones (excluding diaryl/α,β-unsaturated/α-hetero) is 1. The summed E-state index contributed by atoms with van der Waals surface area (Å²) >= 11 is 0. The van der Waals surface area contributed by atoms with Gasteiger partial charge in [-0.05, 0) is 6.92 Å². The minimum atomic E-state index is -0.117. The van der Waals surface area contributed by atoms with E-state index in [0.717, 1.165) is 5.70 Å². The number of ketones is 1. The van der Waals surface area contributed by atoms with Crippen LogP contribution in [0, 0.1) is 0 Å². The third kappa shape index (κ3) is 1.67. The van der Waals surface area contributed by atoms with Gasteiger partial charge in [-0.2, -0.15) is 0 Å². The van der Waals surface area contributed by atoms with E-state index in [1.54, 1.807) is 11.8 Å². The topological polar surface area (TPSA) is 37.4 Å². The van der Waals surface area contributed by atoms with Crippen molar-refractivity contribution in [3.05, 3.63) is 12.3 Å². The van der Waals surface area contributed by atoms with E-state index in [0.29, 0.717) is 13.0 Å². The molecule has 1 aliphatic rings. The largest absolute Gasteiger partial charge is 0.316 e. The molecule has 1 rings (SSSR count). The molecule has 3 heteroatoms. The van der Waals surface area contributed by atoms with Crippen molar-refractivity contribution in [2.24, 2.45) is 0 Å². The van der Waals surface area contributed by atoms with E-state index in [-0.39, 0.29) is 18.1 Å². The smallest absolute Gasteiger partial charge is 0.234 e. The molecule has 1 heterocycles. The van der Waals surface area contributed by atoms with Crippen LogP contribution in [0.25, 0.3) is 0 Å². The molecule has 1 saturated heterocycles. The first kappa shape index (κ1) is 7.98. The van der Waals surface area contributed by atoms with Crippen molar-refractivity contribution >= 4 is 11.7 Å². The summed E-state index contributed by atoms with van der Waals surface area (Å²) in [6.07, 6.45) is 0.519. The number of allylic oxidation sites excluding steroid dienone is 1. The third-order valence-electron chi connectivity index (χ3n) is 1.72. The van der Waals surface area contributed by atoms with Crippen molar-refractivity contribution in [2.45, 2.75) is 19.8 Å². The highest BCUT2D eigenvalue weighted by molar-refractivity contribution is 6.00. The maximum absolute atomic E-state index is 11.1. The van der Waals surface area contributed by atoms with Gasteiger partial charge in [-0.3, -0.25) is 9.59 Å². The van der Waals surface area contributed by atoms with Gasteiger partial charge in [-0.25, -0.2) is 0 Å². The Morgan fingerprint density at radius 1 is 1.55 bits per heavy atom. The van der Waals surface area contributed by atoms with Crippen LogP contribution in [0.15, 0.2) is 12.3 Å². The monoisotopic (exact) mass is 153 g/mol. The number of hydrogen-bond acceptors (Lipinski definition) is 2. The molecule has 0 unspecified atom stereocenters. The summed E-state index contributed by atoms with van der Waals surface area (Å²) in [7, 11) is 0. The molecule has 11 heavy (non-hydrogen) atoms. The molecule has 0 atom stereocenters. The molecule has 1 amide bonds. The van der Waals surface area contributed by atoms with Crippen molar-refractivity contribution < 1.29 is 9.59 Å². The minimum Gasteiger partial charge on any atom is -0.316 e. The molecule has 0 aromatic rings. The van der Waals surface area contributed by atoms with E-state index < -0.39 is 0 Å². The first-order chi connectivity index (χ1) is 5.11. The van der Waals surface area contributed by atoms with E-state index in [1.807, 2.05) is 0 Å². The molecule has 0 saturated carbocycles. The van der Waals surface area contributed by atoms with Gasteiger partial charge in [0.2, 0.25) is 5.91 Å². The molecular weight excluding hydrogens is 142 g/mol. The molecule has 60 valence electrons. The van der Waals surface area contributed by atoms with Crippen LogP contribution in [-0.4, -0.2) is 23.1 Å². The van der Waals surface area contributed by atoms with Crippen molar-refractivity contribution in [1.29, 1.82) is 0 Å². The predicted molar refractivity (Wildman–Crippen MR) is 40.8 cm³/mol. The Hall–Kier alpha value is -1.12. The molecule has 3 nitrogen and oxygen atoms in total. The number of amides is 1. The van der Waals surface area contributed by atoms with Crippen molar-refractivity contribution in [2.75, 3.05) is 6.54 Å². The van der Waals surface area contributed by atoms with E-state index in [2.05, 4.69) is 6.58 Å². The Labute approximate surface area is 65.7 Å². The fourth-order valence-electron chi connectivity index (χ4n) is 1.12. The van der Waals surface area contributed by atoms with E-state index in [1.165, 1.54) is 0 Å². The molecule has 0 N–H and O–H groups in total. The summed E-state index contributed by atoms with van der Waals surface area (Å²) in [6.45, 7) is 5.93. The second-order valence-corrected chi connectivity index (χ2v) is 2.75. The average Bonchev–Trinajstić information content (AvgIpc) is 1.85. The normalized spacial score (nSPS) is 18.8. The maximum atomic E-state index is 11.1. The maximum Gasteiger partial charge on any atom is 0.234 e. The Balaban J connectivity index is 2.65. The number of hydrogen-bond donors (Lipinski definition) is 0. The van der Waals surface area contributed by atoms with Gasteiger partial charge in [0.1, 0.15) is 5.78 Å². The van der Waals surface area contributed by atoms with Gasteiger partial charge in [-0.15, -0.1) is 0 Å². The summed E-state index contributed by atoms with van der Waals surface area (Å²) in [4.78, 5) is 23.4. The van der Waals surface area contributed by atoms with Crippen LogP contribution in [0.1, 0.15) is 19.8 Å². The Morgan fingerprint density at radius 2 is 2.18 bits per heavy atom. The zero-order valence-corrected chi connectivity index (χ0v) is 6.59. The van der Waals surface area contributed by atoms with Crippen molar-refractivity contribution in [1.82, 2.24) is 4.90 Å². The lowest BCUT2D eigenvalue weighted by Gasteiger charge is -2.25. The second kappa shape index (κ2) is 2.86. The fraction of sp³-hybridized carbons (Fsp3) is 0.500.